The Bertz CT molecular complexity index is 529. The Morgan fingerprint density at radius 1 is 1.30 bits per heavy atom. The minimum atomic E-state index is -4.31. The topological polar surface area (TPSA) is 66.4 Å². The molecule has 1 rings (SSSR count). The molecule has 4 nitrogen and oxygen atoms in total. The first-order chi connectivity index (χ1) is 9.07. The van der Waals surface area contributed by atoms with Crippen molar-refractivity contribution in [1.29, 1.82) is 0 Å². The molecular formula is C13H19F2NO3S. The molecule has 0 amide bonds. The van der Waals surface area contributed by atoms with Crippen molar-refractivity contribution in [3.63, 3.8) is 0 Å². The van der Waals surface area contributed by atoms with E-state index < -0.39 is 27.6 Å². The van der Waals surface area contributed by atoms with Gasteiger partial charge < -0.3 is 5.32 Å². The van der Waals surface area contributed by atoms with E-state index in [9.17, 15) is 17.2 Å². The molecule has 7 heteroatoms. The molecule has 0 fully saturated rings. The summed E-state index contributed by atoms with van der Waals surface area (Å²) >= 11 is 0. The van der Waals surface area contributed by atoms with Gasteiger partial charge in [-0.2, -0.15) is 8.42 Å². The summed E-state index contributed by atoms with van der Waals surface area (Å²) in [6.45, 7) is 3.47. The molecule has 114 valence electrons. The summed E-state index contributed by atoms with van der Waals surface area (Å²) in [4.78, 5) is 0. The van der Waals surface area contributed by atoms with Gasteiger partial charge >= 0.3 is 0 Å². The first kappa shape index (κ1) is 17.0. The van der Waals surface area contributed by atoms with Gasteiger partial charge in [-0.15, -0.1) is 0 Å². The van der Waals surface area contributed by atoms with Crippen LogP contribution in [0.4, 0.5) is 8.78 Å². The molecule has 0 aliphatic carbocycles. The van der Waals surface area contributed by atoms with Gasteiger partial charge in [0.2, 0.25) is 0 Å². The van der Waals surface area contributed by atoms with Gasteiger partial charge in [0.1, 0.15) is 17.7 Å². The van der Waals surface area contributed by atoms with Crippen molar-refractivity contribution in [2.45, 2.75) is 32.0 Å². The number of rotatable bonds is 7. The van der Waals surface area contributed by atoms with Crippen molar-refractivity contribution in [3.8, 4) is 0 Å². The SMILES string of the molecule is CC(C)(Cc1ccc(F)cc1)NC[C@H](F)CS(=O)(=O)O. The average Bonchev–Trinajstić information content (AvgIpc) is 2.27. The molecule has 0 saturated heterocycles. The number of alkyl halides is 1. The maximum absolute atomic E-state index is 13.4. The Labute approximate surface area is 117 Å². The van der Waals surface area contributed by atoms with Gasteiger partial charge in [-0.05, 0) is 38.0 Å². The lowest BCUT2D eigenvalue weighted by molar-refractivity contribution is 0.290. The molecule has 0 radical (unpaired) electrons. The number of nitrogens with one attached hydrogen (secondary N) is 1. The lowest BCUT2D eigenvalue weighted by atomic mass is 9.95. The second kappa shape index (κ2) is 6.60. The quantitative estimate of drug-likeness (QED) is 0.756. The Balaban J connectivity index is 2.51. The minimum Gasteiger partial charge on any atom is -0.309 e. The smallest absolute Gasteiger partial charge is 0.267 e. The summed E-state index contributed by atoms with van der Waals surface area (Å²) in [6.07, 6.45) is -1.15. The van der Waals surface area contributed by atoms with Gasteiger partial charge in [0.05, 0.1) is 0 Å². The van der Waals surface area contributed by atoms with Gasteiger partial charge in [0, 0.05) is 12.1 Å². The average molecular weight is 307 g/mol. The third-order valence-corrected chi connectivity index (χ3v) is 3.54. The van der Waals surface area contributed by atoms with Crippen LogP contribution in [0.1, 0.15) is 19.4 Å². The maximum Gasteiger partial charge on any atom is 0.267 e. The van der Waals surface area contributed by atoms with Crippen LogP contribution >= 0.6 is 0 Å². The van der Waals surface area contributed by atoms with Crippen molar-refractivity contribution >= 4 is 10.1 Å². The van der Waals surface area contributed by atoms with Crippen LogP contribution in [0.2, 0.25) is 0 Å². The highest BCUT2D eigenvalue weighted by Crippen LogP contribution is 2.13. The molecule has 20 heavy (non-hydrogen) atoms. The van der Waals surface area contributed by atoms with Gasteiger partial charge in [0.15, 0.2) is 0 Å². The fourth-order valence-electron chi connectivity index (χ4n) is 1.85. The lowest BCUT2D eigenvalue weighted by Crippen LogP contribution is -2.45. The summed E-state index contributed by atoms with van der Waals surface area (Å²) in [5.74, 6) is -1.25. The van der Waals surface area contributed by atoms with Crippen LogP contribution < -0.4 is 5.32 Å². The molecule has 0 bridgehead atoms. The largest absolute Gasteiger partial charge is 0.309 e. The molecule has 0 spiro atoms. The van der Waals surface area contributed by atoms with E-state index >= 15 is 0 Å². The zero-order valence-corrected chi connectivity index (χ0v) is 12.3. The second-order valence-electron chi connectivity index (χ2n) is 5.41. The van der Waals surface area contributed by atoms with Crippen molar-refractivity contribution in [3.05, 3.63) is 35.6 Å². The molecule has 0 aliphatic rings. The van der Waals surface area contributed by atoms with E-state index in [1.54, 1.807) is 12.1 Å². The summed E-state index contributed by atoms with van der Waals surface area (Å²) in [5.41, 5.74) is 0.399. The monoisotopic (exact) mass is 307 g/mol. The molecule has 0 unspecified atom stereocenters. The molecule has 0 heterocycles. The van der Waals surface area contributed by atoms with Crippen LogP contribution in [0.5, 0.6) is 0 Å². The van der Waals surface area contributed by atoms with E-state index in [1.165, 1.54) is 12.1 Å². The molecule has 2 N–H and O–H groups in total. The van der Waals surface area contributed by atoms with Crippen LogP contribution in [0, 0.1) is 5.82 Å². The number of hydrogen-bond acceptors (Lipinski definition) is 3. The van der Waals surface area contributed by atoms with Crippen molar-refractivity contribution < 1.29 is 21.8 Å². The van der Waals surface area contributed by atoms with E-state index in [0.29, 0.717) is 6.42 Å². The molecule has 0 saturated carbocycles. The highest BCUT2D eigenvalue weighted by Gasteiger charge is 2.22. The van der Waals surface area contributed by atoms with E-state index in [4.69, 9.17) is 4.55 Å². The molecule has 1 aromatic rings. The first-order valence-corrected chi connectivity index (χ1v) is 7.77. The predicted molar refractivity (Wildman–Crippen MR) is 73.5 cm³/mol. The van der Waals surface area contributed by atoms with E-state index in [2.05, 4.69) is 5.32 Å². The summed E-state index contributed by atoms with van der Waals surface area (Å²) in [5, 5.41) is 2.90. The van der Waals surface area contributed by atoms with Crippen LogP contribution in [-0.4, -0.2) is 37.0 Å². The van der Waals surface area contributed by atoms with E-state index in [-0.39, 0.29) is 12.4 Å². The van der Waals surface area contributed by atoms with Crippen molar-refractivity contribution in [2.24, 2.45) is 0 Å². The van der Waals surface area contributed by atoms with Gasteiger partial charge in [0.25, 0.3) is 10.1 Å². The Kier molecular flexibility index (Phi) is 5.61. The minimum absolute atomic E-state index is 0.187. The van der Waals surface area contributed by atoms with Gasteiger partial charge in [-0.25, -0.2) is 8.78 Å². The number of benzene rings is 1. The third-order valence-electron chi connectivity index (χ3n) is 2.75. The maximum atomic E-state index is 13.4. The fourth-order valence-corrected chi connectivity index (χ4v) is 2.42. The van der Waals surface area contributed by atoms with E-state index in [1.807, 2.05) is 13.8 Å². The fraction of sp³-hybridized carbons (Fsp3) is 0.538. The lowest BCUT2D eigenvalue weighted by Gasteiger charge is -2.27. The Morgan fingerprint density at radius 3 is 2.35 bits per heavy atom. The first-order valence-electron chi connectivity index (χ1n) is 6.16. The summed E-state index contributed by atoms with van der Waals surface area (Å²) < 4.78 is 55.8. The van der Waals surface area contributed by atoms with Crippen LogP contribution in [-0.2, 0) is 16.5 Å². The van der Waals surface area contributed by atoms with Gasteiger partial charge in [-0.3, -0.25) is 4.55 Å². The zero-order valence-electron chi connectivity index (χ0n) is 11.4. The van der Waals surface area contributed by atoms with Crippen molar-refractivity contribution in [2.75, 3.05) is 12.3 Å². The number of halogens is 2. The van der Waals surface area contributed by atoms with Crippen LogP contribution in [0.25, 0.3) is 0 Å². The standard InChI is InChI=1S/C13H19F2NO3S/c1-13(2,7-10-3-5-11(14)6-4-10)16-8-12(15)9-20(17,18)19/h3-6,12,16H,7-9H2,1-2H3,(H,17,18,19)/t12-/m0/s1. The molecule has 1 aromatic carbocycles. The normalized spacial score (nSPS) is 14.2. The highest BCUT2D eigenvalue weighted by molar-refractivity contribution is 7.85. The Morgan fingerprint density at radius 2 is 1.85 bits per heavy atom. The molecule has 1 atom stereocenters. The molecule has 0 aromatic heterocycles. The molecular weight excluding hydrogens is 288 g/mol. The molecule has 0 aliphatic heterocycles. The third kappa shape index (κ3) is 6.93. The number of hydrogen-bond donors (Lipinski definition) is 2. The zero-order chi connectivity index (χ0) is 15.4. The summed E-state index contributed by atoms with van der Waals surface area (Å²) in [6, 6.07) is 5.98. The van der Waals surface area contributed by atoms with Crippen molar-refractivity contribution in [1.82, 2.24) is 5.32 Å². The second-order valence-corrected chi connectivity index (χ2v) is 6.91. The van der Waals surface area contributed by atoms with Gasteiger partial charge in [-0.1, -0.05) is 12.1 Å². The Hall–Kier alpha value is -1.05. The van der Waals surface area contributed by atoms with Crippen LogP contribution in [0.3, 0.4) is 0 Å². The van der Waals surface area contributed by atoms with Crippen LogP contribution in [0.15, 0.2) is 24.3 Å². The summed E-state index contributed by atoms with van der Waals surface area (Å²) in [7, 11) is -4.31. The predicted octanol–water partition coefficient (Wildman–Crippen LogP) is 1.96. The highest BCUT2D eigenvalue weighted by atomic mass is 32.2. The van der Waals surface area contributed by atoms with E-state index in [0.717, 1.165) is 5.56 Å².